The monoisotopic (exact) mass is 485 g/mol. The van der Waals surface area contributed by atoms with E-state index in [0.29, 0.717) is 18.4 Å². The molecule has 2 fully saturated rings. The lowest BCUT2D eigenvalue weighted by molar-refractivity contribution is -0.137. The van der Waals surface area contributed by atoms with Gasteiger partial charge in [0.05, 0.1) is 23.5 Å². The molecule has 0 saturated heterocycles. The van der Waals surface area contributed by atoms with Crippen LogP contribution in [0.4, 0.5) is 0 Å². The summed E-state index contributed by atoms with van der Waals surface area (Å²) in [4.78, 5) is 10.9. The molecular formula is C30H35N3O3. The second-order valence-electron chi connectivity index (χ2n) is 10.4. The van der Waals surface area contributed by atoms with Crippen LogP contribution in [0, 0.1) is 6.92 Å². The summed E-state index contributed by atoms with van der Waals surface area (Å²) in [6.45, 7) is 5.07. The Labute approximate surface area is 213 Å². The number of aliphatic carboxylic acids is 1. The molecule has 6 heteroatoms. The van der Waals surface area contributed by atoms with E-state index in [1.165, 1.54) is 16.7 Å². The van der Waals surface area contributed by atoms with Crippen molar-refractivity contribution in [2.24, 2.45) is 0 Å². The molecule has 2 saturated carbocycles. The fourth-order valence-corrected chi connectivity index (χ4v) is 4.86. The zero-order valence-corrected chi connectivity index (χ0v) is 21.2. The minimum absolute atomic E-state index is 0.189. The van der Waals surface area contributed by atoms with Gasteiger partial charge >= 0.3 is 5.97 Å². The van der Waals surface area contributed by atoms with E-state index >= 15 is 0 Å². The van der Waals surface area contributed by atoms with E-state index in [1.54, 1.807) is 6.20 Å². The number of hydrogen-bond donors (Lipinski definition) is 2. The van der Waals surface area contributed by atoms with E-state index in [2.05, 4.69) is 71.8 Å². The molecule has 188 valence electrons. The van der Waals surface area contributed by atoms with Crippen molar-refractivity contribution in [1.82, 2.24) is 15.5 Å². The van der Waals surface area contributed by atoms with Crippen LogP contribution in [0.3, 0.4) is 0 Å². The van der Waals surface area contributed by atoms with Crippen molar-refractivity contribution in [3.63, 3.8) is 0 Å². The van der Waals surface area contributed by atoms with E-state index in [1.807, 2.05) is 6.07 Å². The van der Waals surface area contributed by atoms with Gasteiger partial charge in [0, 0.05) is 24.1 Å². The summed E-state index contributed by atoms with van der Waals surface area (Å²) >= 11 is 0. The first-order chi connectivity index (χ1) is 17.4. The number of para-hydroxylation sites is 1. The van der Waals surface area contributed by atoms with Gasteiger partial charge in [0.15, 0.2) is 0 Å². The number of carboxylic acid groups (broad SMARTS) is 1. The predicted octanol–water partition coefficient (Wildman–Crippen LogP) is 6.13. The summed E-state index contributed by atoms with van der Waals surface area (Å²) in [5.41, 5.74) is 6.76. The van der Waals surface area contributed by atoms with Gasteiger partial charge in [0.25, 0.3) is 0 Å². The molecule has 0 aliphatic heterocycles. The van der Waals surface area contributed by atoms with E-state index in [0.717, 1.165) is 61.2 Å². The van der Waals surface area contributed by atoms with Crippen molar-refractivity contribution < 1.29 is 14.6 Å². The molecule has 2 aliphatic rings. The number of nitrogens with zero attached hydrogens (tertiary/aromatic N) is 2. The number of aryl methyl sites for hydroxylation is 1. The third-order valence-electron chi connectivity index (χ3n) is 7.51. The van der Waals surface area contributed by atoms with Crippen molar-refractivity contribution in [3.8, 4) is 16.9 Å². The highest BCUT2D eigenvalue weighted by molar-refractivity contribution is 5.73. The van der Waals surface area contributed by atoms with Crippen LogP contribution in [0.2, 0.25) is 0 Å². The lowest BCUT2D eigenvalue weighted by Gasteiger charge is -2.22. The number of benzene rings is 2. The Hall–Kier alpha value is -3.25. The van der Waals surface area contributed by atoms with E-state index in [4.69, 9.17) is 9.84 Å². The van der Waals surface area contributed by atoms with Crippen molar-refractivity contribution in [1.29, 1.82) is 0 Å². The Balaban J connectivity index is 1.34. The molecule has 6 nitrogen and oxygen atoms in total. The number of hydrogen-bond acceptors (Lipinski definition) is 5. The number of ether oxygens (including phenoxy) is 1. The van der Waals surface area contributed by atoms with Gasteiger partial charge in [-0.2, -0.15) is 10.2 Å². The molecule has 0 amide bonds. The maximum atomic E-state index is 10.9. The standard InChI is InChI=1S/C30H35N3O3/c1-20(6-5-9-28(34)35)22-11-10-21(2)23(18-22)19-31-30(15-16-30)29-26(14-17-32-33-29)25-7-3-4-8-27(25)36-24-12-13-24/h3-4,7-8,10-11,14,17-18,20,24,31H,5-6,9,12-13,15-16,19H2,1-2H3,(H,34,35). The van der Waals surface area contributed by atoms with Gasteiger partial charge in [-0.1, -0.05) is 43.3 Å². The van der Waals surface area contributed by atoms with Gasteiger partial charge in [-0.3, -0.25) is 4.79 Å². The number of carboxylic acids is 1. The first kappa shape index (κ1) is 24.4. The number of carbonyl (C=O) groups is 1. The van der Waals surface area contributed by atoms with E-state index in [9.17, 15) is 4.79 Å². The molecule has 2 aliphatic carbocycles. The van der Waals surface area contributed by atoms with Crippen LogP contribution in [-0.4, -0.2) is 27.4 Å². The Morgan fingerprint density at radius 3 is 2.72 bits per heavy atom. The fraction of sp³-hybridized carbons (Fsp3) is 0.433. The number of rotatable bonds is 12. The number of aromatic nitrogens is 2. The topological polar surface area (TPSA) is 84.3 Å². The van der Waals surface area contributed by atoms with E-state index < -0.39 is 5.97 Å². The van der Waals surface area contributed by atoms with Gasteiger partial charge in [-0.15, -0.1) is 0 Å². The normalized spacial score (nSPS) is 16.9. The van der Waals surface area contributed by atoms with Crippen molar-refractivity contribution in [2.45, 2.75) is 82.9 Å². The molecular weight excluding hydrogens is 450 g/mol. The highest BCUT2D eigenvalue weighted by Crippen LogP contribution is 2.49. The fourth-order valence-electron chi connectivity index (χ4n) is 4.86. The molecule has 0 spiro atoms. The summed E-state index contributed by atoms with van der Waals surface area (Å²) in [6, 6.07) is 16.9. The Bertz CT molecular complexity index is 1230. The van der Waals surface area contributed by atoms with Gasteiger partial charge in [0.2, 0.25) is 0 Å². The first-order valence-corrected chi connectivity index (χ1v) is 13.1. The minimum Gasteiger partial charge on any atom is -0.490 e. The summed E-state index contributed by atoms with van der Waals surface area (Å²) in [5, 5.41) is 21.7. The summed E-state index contributed by atoms with van der Waals surface area (Å²) in [6.07, 6.45) is 8.18. The second-order valence-corrected chi connectivity index (χ2v) is 10.4. The van der Waals surface area contributed by atoms with Gasteiger partial charge in [-0.25, -0.2) is 0 Å². The Morgan fingerprint density at radius 2 is 1.97 bits per heavy atom. The number of nitrogens with one attached hydrogen (secondary N) is 1. The summed E-state index contributed by atoms with van der Waals surface area (Å²) in [5.74, 6) is 0.523. The lowest BCUT2D eigenvalue weighted by atomic mass is 9.92. The van der Waals surface area contributed by atoms with Crippen molar-refractivity contribution in [3.05, 3.63) is 77.1 Å². The Morgan fingerprint density at radius 1 is 1.17 bits per heavy atom. The molecule has 2 aromatic carbocycles. The van der Waals surface area contributed by atoms with Crippen LogP contribution in [0.25, 0.3) is 11.1 Å². The largest absolute Gasteiger partial charge is 0.490 e. The first-order valence-electron chi connectivity index (χ1n) is 13.1. The summed E-state index contributed by atoms with van der Waals surface area (Å²) < 4.78 is 6.22. The van der Waals surface area contributed by atoms with Crippen LogP contribution in [0.15, 0.2) is 54.7 Å². The average molecular weight is 486 g/mol. The highest BCUT2D eigenvalue weighted by Gasteiger charge is 2.47. The molecule has 0 radical (unpaired) electrons. The third kappa shape index (κ3) is 5.59. The maximum absolute atomic E-state index is 10.9. The second kappa shape index (κ2) is 10.4. The predicted molar refractivity (Wildman–Crippen MR) is 140 cm³/mol. The van der Waals surface area contributed by atoms with Gasteiger partial charge in [0.1, 0.15) is 5.75 Å². The zero-order chi connectivity index (χ0) is 25.1. The molecule has 3 aromatic rings. The van der Waals surface area contributed by atoms with Crippen LogP contribution < -0.4 is 10.1 Å². The Kier molecular flexibility index (Phi) is 7.06. The quantitative estimate of drug-likeness (QED) is 0.321. The molecule has 36 heavy (non-hydrogen) atoms. The third-order valence-corrected chi connectivity index (χ3v) is 7.51. The van der Waals surface area contributed by atoms with Crippen LogP contribution in [0.1, 0.15) is 80.2 Å². The molecule has 1 heterocycles. The lowest BCUT2D eigenvalue weighted by Crippen LogP contribution is -2.30. The van der Waals surface area contributed by atoms with Gasteiger partial charge < -0.3 is 15.2 Å². The van der Waals surface area contributed by atoms with Crippen LogP contribution in [0.5, 0.6) is 5.75 Å². The maximum Gasteiger partial charge on any atom is 0.303 e. The molecule has 1 aromatic heterocycles. The molecule has 1 unspecified atom stereocenters. The average Bonchev–Trinajstić information content (AvgIpc) is 3.81. The van der Waals surface area contributed by atoms with E-state index in [-0.39, 0.29) is 12.0 Å². The van der Waals surface area contributed by atoms with Crippen molar-refractivity contribution in [2.75, 3.05) is 0 Å². The highest BCUT2D eigenvalue weighted by atomic mass is 16.5. The van der Waals surface area contributed by atoms with Crippen LogP contribution in [-0.2, 0) is 16.9 Å². The van der Waals surface area contributed by atoms with Gasteiger partial charge in [-0.05, 0) is 80.2 Å². The summed E-state index contributed by atoms with van der Waals surface area (Å²) in [7, 11) is 0. The van der Waals surface area contributed by atoms with Crippen LogP contribution >= 0.6 is 0 Å². The van der Waals surface area contributed by atoms with Crippen molar-refractivity contribution >= 4 is 5.97 Å². The zero-order valence-electron chi connectivity index (χ0n) is 21.2. The molecule has 1 atom stereocenters. The molecule has 5 rings (SSSR count). The molecule has 0 bridgehead atoms. The smallest absolute Gasteiger partial charge is 0.303 e. The molecule has 2 N–H and O–H groups in total. The SMILES string of the molecule is Cc1ccc(C(C)CCCC(=O)O)cc1CNC1(c2nnccc2-c2ccccc2OC2CC2)CC1. The minimum atomic E-state index is -0.726.